The molecule has 2 aromatic carbocycles. The molecule has 0 saturated heterocycles. The largest absolute Gasteiger partial charge is 0.391 e. The van der Waals surface area contributed by atoms with Crippen molar-refractivity contribution in [3.05, 3.63) is 69.2 Å². The molecule has 0 amide bonds. The van der Waals surface area contributed by atoms with Gasteiger partial charge in [0.05, 0.1) is 12.1 Å². The molecule has 2 atom stereocenters. The number of hydrogen-bond donors (Lipinski definition) is 2. The second-order valence-corrected chi connectivity index (χ2v) is 5.77. The number of aliphatic hydroxyl groups excluding tert-OH is 1. The average molecular weight is 377 g/mol. The van der Waals surface area contributed by atoms with Crippen LogP contribution in [-0.2, 0) is 6.42 Å². The van der Waals surface area contributed by atoms with E-state index < -0.39 is 12.1 Å². The fourth-order valence-electron chi connectivity index (χ4n) is 1.96. The molecular formula is C15H16BrCl2NO. The lowest BCUT2D eigenvalue weighted by atomic mass is 9.97. The van der Waals surface area contributed by atoms with Crippen molar-refractivity contribution in [3.8, 4) is 0 Å². The third kappa shape index (κ3) is 4.47. The van der Waals surface area contributed by atoms with E-state index in [1.807, 2.05) is 42.5 Å². The van der Waals surface area contributed by atoms with Gasteiger partial charge in [-0.3, -0.25) is 0 Å². The van der Waals surface area contributed by atoms with Gasteiger partial charge in [-0.15, -0.1) is 12.4 Å². The van der Waals surface area contributed by atoms with E-state index in [1.54, 1.807) is 6.07 Å². The Kier molecular flexibility index (Phi) is 7.00. The Labute approximate surface area is 138 Å². The van der Waals surface area contributed by atoms with Crippen LogP contribution >= 0.6 is 39.9 Å². The Bertz CT molecular complexity index is 551. The van der Waals surface area contributed by atoms with Crippen LogP contribution in [0.3, 0.4) is 0 Å². The summed E-state index contributed by atoms with van der Waals surface area (Å²) >= 11 is 9.51. The molecule has 0 saturated carbocycles. The van der Waals surface area contributed by atoms with Crippen molar-refractivity contribution in [2.24, 2.45) is 5.73 Å². The summed E-state index contributed by atoms with van der Waals surface area (Å²) in [6.45, 7) is 0. The highest BCUT2D eigenvalue weighted by Gasteiger charge is 2.19. The van der Waals surface area contributed by atoms with Crippen molar-refractivity contribution in [1.82, 2.24) is 0 Å². The van der Waals surface area contributed by atoms with Gasteiger partial charge in [0.2, 0.25) is 0 Å². The highest BCUT2D eigenvalue weighted by molar-refractivity contribution is 9.10. The van der Waals surface area contributed by atoms with Crippen LogP contribution in [-0.4, -0.2) is 11.2 Å². The summed E-state index contributed by atoms with van der Waals surface area (Å²) in [6.07, 6.45) is -0.167. The Balaban J connectivity index is 0.00000200. The molecule has 20 heavy (non-hydrogen) atoms. The third-order valence-corrected chi connectivity index (χ3v) is 3.86. The maximum Gasteiger partial charge on any atom is 0.0773 e. The first kappa shape index (κ1) is 17.5. The predicted octanol–water partition coefficient (Wildman–Crippen LogP) is 4.13. The minimum absolute atomic E-state index is 0. The summed E-state index contributed by atoms with van der Waals surface area (Å²) in [5, 5.41) is 10.8. The number of aliphatic hydroxyl groups is 1. The van der Waals surface area contributed by atoms with Gasteiger partial charge in [0.1, 0.15) is 0 Å². The van der Waals surface area contributed by atoms with E-state index in [9.17, 15) is 5.11 Å². The SMILES string of the molecule is Cl.N[C@@H](c1cc(Br)ccc1Cl)[C@H](O)Cc1ccccc1. The fourth-order valence-corrected chi connectivity index (χ4v) is 2.58. The van der Waals surface area contributed by atoms with Crippen LogP contribution in [0, 0.1) is 0 Å². The number of benzene rings is 2. The highest BCUT2D eigenvalue weighted by Crippen LogP contribution is 2.28. The molecule has 0 aliphatic rings. The van der Waals surface area contributed by atoms with Crippen LogP contribution in [0.1, 0.15) is 17.2 Å². The van der Waals surface area contributed by atoms with Gasteiger partial charge in [-0.25, -0.2) is 0 Å². The molecule has 0 unspecified atom stereocenters. The first-order valence-electron chi connectivity index (χ1n) is 6.00. The van der Waals surface area contributed by atoms with Gasteiger partial charge >= 0.3 is 0 Å². The average Bonchev–Trinajstić information content (AvgIpc) is 2.42. The Morgan fingerprint density at radius 3 is 2.45 bits per heavy atom. The fraction of sp³-hybridized carbons (Fsp3) is 0.200. The molecule has 0 bridgehead atoms. The number of rotatable bonds is 4. The predicted molar refractivity (Wildman–Crippen MR) is 89.5 cm³/mol. The summed E-state index contributed by atoms with van der Waals surface area (Å²) in [5.74, 6) is 0. The maximum absolute atomic E-state index is 10.2. The Morgan fingerprint density at radius 1 is 1.15 bits per heavy atom. The van der Waals surface area contributed by atoms with Gasteiger partial charge in [0.15, 0.2) is 0 Å². The molecular weight excluding hydrogens is 361 g/mol. The van der Waals surface area contributed by atoms with Gasteiger partial charge in [0.25, 0.3) is 0 Å². The van der Waals surface area contributed by atoms with Gasteiger partial charge < -0.3 is 10.8 Å². The third-order valence-electron chi connectivity index (χ3n) is 3.02. The van der Waals surface area contributed by atoms with Crippen LogP contribution in [0.4, 0.5) is 0 Å². The topological polar surface area (TPSA) is 46.2 Å². The number of halogens is 3. The molecule has 3 N–H and O–H groups in total. The van der Waals surface area contributed by atoms with E-state index in [2.05, 4.69) is 15.9 Å². The van der Waals surface area contributed by atoms with Gasteiger partial charge in [-0.05, 0) is 29.3 Å². The summed E-state index contributed by atoms with van der Waals surface area (Å²) in [7, 11) is 0. The van der Waals surface area contributed by atoms with Gasteiger partial charge in [-0.1, -0.05) is 57.9 Å². The highest BCUT2D eigenvalue weighted by atomic mass is 79.9. The zero-order valence-electron chi connectivity index (χ0n) is 10.7. The Hall–Kier alpha value is -0.580. The van der Waals surface area contributed by atoms with Gasteiger partial charge in [-0.2, -0.15) is 0 Å². The lowest BCUT2D eigenvalue weighted by Crippen LogP contribution is -2.28. The van der Waals surface area contributed by atoms with Crippen LogP contribution in [0.15, 0.2) is 53.0 Å². The summed E-state index contributed by atoms with van der Waals surface area (Å²) in [6, 6.07) is 14.7. The van der Waals surface area contributed by atoms with Crippen LogP contribution in [0.25, 0.3) is 0 Å². The smallest absolute Gasteiger partial charge is 0.0773 e. The monoisotopic (exact) mass is 375 g/mol. The van der Waals surface area contributed by atoms with Crippen molar-refractivity contribution in [3.63, 3.8) is 0 Å². The standard InChI is InChI=1S/C15H15BrClNO.ClH/c16-11-6-7-13(17)12(9-11)15(18)14(19)8-10-4-2-1-3-5-10;/h1-7,9,14-15,19H,8,18H2;1H/t14-,15+;/m1./s1. The molecule has 2 nitrogen and oxygen atoms in total. The second kappa shape index (κ2) is 8.01. The molecule has 0 aliphatic heterocycles. The molecule has 2 aromatic rings. The number of nitrogens with two attached hydrogens (primary N) is 1. The van der Waals surface area contributed by atoms with E-state index in [-0.39, 0.29) is 12.4 Å². The summed E-state index contributed by atoms with van der Waals surface area (Å²) in [5.41, 5.74) is 7.90. The quantitative estimate of drug-likeness (QED) is 0.842. The molecule has 0 fully saturated rings. The van der Waals surface area contributed by atoms with Crippen molar-refractivity contribution in [1.29, 1.82) is 0 Å². The van der Waals surface area contributed by atoms with Crippen molar-refractivity contribution >= 4 is 39.9 Å². The van der Waals surface area contributed by atoms with E-state index in [0.717, 1.165) is 15.6 Å². The maximum atomic E-state index is 10.2. The number of hydrogen-bond acceptors (Lipinski definition) is 2. The van der Waals surface area contributed by atoms with Crippen LogP contribution in [0.5, 0.6) is 0 Å². The lowest BCUT2D eigenvalue weighted by molar-refractivity contribution is 0.145. The molecule has 0 aromatic heterocycles. The summed E-state index contributed by atoms with van der Waals surface area (Å²) < 4.78 is 0.897. The minimum Gasteiger partial charge on any atom is -0.391 e. The molecule has 0 radical (unpaired) electrons. The van der Waals surface area contributed by atoms with Crippen molar-refractivity contribution in [2.45, 2.75) is 18.6 Å². The van der Waals surface area contributed by atoms with Crippen molar-refractivity contribution < 1.29 is 5.11 Å². The van der Waals surface area contributed by atoms with Crippen LogP contribution < -0.4 is 5.73 Å². The van der Waals surface area contributed by atoms with Gasteiger partial charge in [0, 0.05) is 15.9 Å². The first-order valence-corrected chi connectivity index (χ1v) is 7.17. The molecule has 5 heteroatoms. The van der Waals surface area contributed by atoms with E-state index in [1.165, 1.54) is 0 Å². The lowest BCUT2D eigenvalue weighted by Gasteiger charge is -2.20. The van der Waals surface area contributed by atoms with Crippen molar-refractivity contribution in [2.75, 3.05) is 0 Å². The normalized spacial score (nSPS) is 13.4. The zero-order chi connectivity index (χ0) is 13.8. The summed E-state index contributed by atoms with van der Waals surface area (Å²) in [4.78, 5) is 0. The molecule has 108 valence electrons. The molecule has 0 spiro atoms. The van der Waals surface area contributed by atoms with E-state index in [4.69, 9.17) is 17.3 Å². The molecule has 0 heterocycles. The van der Waals surface area contributed by atoms with Crippen LogP contribution in [0.2, 0.25) is 5.02 Å². The van der Waals surface area contributed by atoms with E-state index in [0.29, 0.717) is 11.4 Å². The molecule has 0 aliphatic carbocycles. The minimum atomic E-state index is -0.672. The zero-order valence-corrected chi connectivity index (χ0v) is 13.8. The first-order chi connectivity index (χ1) is 9.08. The Morgan fingerprint density at radius 2 is 1.80 bits per heavy atom. The second-order valence-electron chi connectivity index (χ2n) is 4.45. The van der Waals surface area contributed by atoms with E-state index >= 15 is 0 Å². The molecule has 2 rings (SSSR count).